The predicted molar refractivity (Wildman–Crippen MR) is 82.7 cm³/mol. The molecule has 118 valence electrons. The molecule has 1 fully saturated rings. The molecule has 0 radical (unpaired) electrons. The first-order valence-corrected chi connectivity index (χ1v) is 7.98. The smallest absolute Gasteiger partial charge is 0.325 e. The lowest BCUT2D eigenvalue weighted by atomic mass is 9.88. The summed E-state index contributed by atoms with van der Waals surface area (Å²) >= 11 is 0. The van der Waals surface area contributed by atoms with Crippen LogP contribution < -0.4 is 5.32 Å². The molecule has 1 rings (SSSR count). The van der Waals surface area contributed by atoms with Crippen LogP contribution in [0, 0.1) is 11.8 Å². The third-order valence-electron chi connectivity index (χ3n) is 4.75. The van der Waals surface area contributed by atoms with Crippen molar-refractivity contribution in [1.29, 1.82) is 0 Å². The van der Waals surface area contributed by atoms with E-state index in [2.05, 4.69) is 31.0 Å². The summed E-state index contributed by atoms with van der Waals surface area (Å²) in [6.07, 6.45) is 3.09. The molecule has 1 saturated heterocycles. The third-order valence-corrected chi connectivity index (χ3v) is 4.75. The maximum absolute atomic E-state index is 12.0. The Morgan fingerprint density at radius 2 is 2.10 bits per heavy atom. The molecule has 0 aromatic heterocycles. The number of hydrogen-bond donors (Lipinski definition) is 1. The van der Waals surface area contributed by atoms with Gasteiger partial charge in [0.25, 0.3) is 0 Å². The monoisotopic (exact) mass is 284 g/mol. The minimum Gasteiger partial charge on any atom is -0.468 e. The molecule has 0 spiro atoms. The fourth-order valence-electron chi connectivity index (χ4n) is 2.82. The van der Waals surface area contributed by atoms with Crippen LogP contribution in [0.4, 0.5) is 0 Å². The first-order chi connectivity index (χ1) is 9.42. The van der Waals surface area contributed by atoms with Gasteiger partial charge in [-0.3, -0.25) is 4.79 Å². The minimum absolute atomic E-state index is 0.149. The lowest BCUT2D eigenvalue weighted by molar-refractivity contribution is -0.148. The number of hydrogen-bond acceptors (Lipinski definition) is 4. The number of carbonyl (C=O) groups excluding carboxylic acids is 1. The highest BCUT2D eigenvalue weighted by molar-refractivity contribution is 5.80. The zero-order valence-corrected chi connectivity index (χ0v) is 13.9. The standard InChI is InChI=1S/C16H32N2O2/c1-6-9-17-16(4,15(19)20-5)8-11-18-10-7-13(2)14(3)12-18/h13-14,17H,6-12H2,1-5H3. The van der Waals surface area contributed by atoms with Gasteiger partial charge in [-0.2, -0.15) is 0 Å². The van der Waals surface area contributed by atoms with Gasteiger partial charge in [0.2, 0.25) is 0 Å². The van der Waals surface area contributed by atoms with Crippen molar-refractivity contribution in [3.63, 3.8) is 0 Å². The molecule has 1 heterocycles. The first-order valence-electron chi connectivity index (χ1n) is 7.98. The average molecular weight is 284 g/mol. The predicted octanol–water partition coefficient (Wildman–Crippen LogP) is 2.29. The Kier molecular flexibility index (Phi) is 6.96. The van der Waals surface area contributed by atoms with Crippen LogP contribution in [0.1, 0.15) is 47.0 Å². The molecule has 0 saturated carbocycles. The van der Waals surface area contributed by atoms with Gasteiger partial charge in [-0.25, -0.2) is 0 Å². The molecule has 3 atom stereocenters. The maximum Gasteiger partial charge on any atom is 0.325 e. The second-order valence-corrected chi connectivity index (χ2v) is 6.54. The highest BCUT2D eigenvalue weighted by atomic mass is 16.5. The number of methoxy groups -OCH3 is 1. The van der Waals surface area contributed by atoms with Crippen LogP contribution in [0.25, 0.3) is 0 Å². The summed E-state index contributed by atoms with van der Waals surface area (Å²) < 4.78 is 4.97. The van der Waals surface area contributed by atoms with Crippen molar-refractivity contribution < 1.29 is 9.53 Å². The van der Waals surface area contributed by atoms with Crippen LogP contribution in [-0.2, 0) is 9.53 Å². The molecule has 0 aromatic carbocycles. The summed E-state index contributed by atoms with van der Waals surface area (Å²) in [5.41, 5.74) is -0.558. The third kappa shape index (κ3) is 4.74. The molecule has 20 heavy (non-hydrogen) atoms. The molecule has 0 bridgehead atoms. The molecule has 1 N–H and O–H groups in total. The molecule has 0 amide bonds. The van der Waals surface area contributed by atoms with E-state index in [1.165, 1.54) is 13.5 Å². The van der Waals surface area contributed by atoms with E-state index in [-0.39, 0.29) is 5.97 Å². The Bertz CT molecular complexity index is 309. The number of piperidine rings is 1. The SMILES string of the molecule is CCCNC(C)(CCN1CCC(C)C(C)C1)C(=O)OC. The first kappa shape index (κ1) is 17.4. The molecule has 1 aliphatic rings. The average Bonchev–Trinajstić information content (AvgIpc) is 2.45. The van der Waals surface area contributed by atoms with Crippen molar-refractivity contribution in [3.05, 3.63) is 0 Å². The van der Waals surface area contributed by atoms with Crippen LogP contribution in [0.2, 0.25) is 0 Å². The topological polar surface area (TPSA) is 41.6 Å². The Hall–Kier alpha value is -0.610. The summed E-state index contributed by atoms with van der Waals surface area (Å²) in [5, 5.41) is 3.35. The number of ether oxygens (including phenoxy) is 1. The Balaban J connectivity index is 2.51. The molecular weight excluding hydrogens is 252 g/mol. The largest absolute Gasteiger partial charge is 0.468 e. The highest BCUT2D eigenvalue weighted by Crippen LogP contribution is 2.23. The van der Waals surface area contributed by atoms with Gasteiger partial charge in [-0.15, -0.1) is 0 Å². The van der Waals surface area contributed by atoms with Gasteiger partial charge in [-0.1, -0.05) is 20.8 Å². The van der Waals surface area contributed by atoms with E-state index < -0.39 is 5.54 Å². The zero-order chi connectivity index (χ0) is 15.2. The Morgan fingerprint density at radius 1 is 1.40 bits per heavy atom. The number of nitrogens with one attached hydrogen (secondary N) is 1. The van der Waals surface area contributed by atoms with Crippen molar-refractivity contribution in [2.24, 2.45) is 11.8 Å². The summed E-state index contributed by atoms with van der Waals surface area (Å²) in [4.78, 5) is 14.5. The second kappa shape index (κ2) is 7.99. The fraction of sp³-hybridized carbons (Fsp3) is 0.938. The Labute approximate surface area is 124 Å². The fourth-order valence-corrected chi connectivity index (χ4v) is 2.82. The lowest BCUT2D eigenvalue weighted by Gasteiger charge is -2.37. The van der Waals surface area contributed by atoms with E-state index in [0.717, 1.165) is 50.9 Å². The van der Waals surface area contributed by atoms with E-state index in [0.29, 0.717) is 0 Å². The summed E-state index contributed by atoms with van der Waals surface area (Å²) in [5.74, 6) is 1.41. The molecular formula is C16H32N2O2. The van der Waals surface area contributed by atoms with Gasteiger partial charge >= 0.3 is 5.97 Å². The summed E-state index contributed by atoms with van der Waals surface area (Å²) in [6, 6.07) is 0. The van der Waals surface area contributed by atoms with Crippen molar-refractivity contribution in [2.75, 3.05) is 33.3 Å². The lowest BCUT2D eigenvalue weighted by Crippen LogP contribution is -2.53. The van der Waals surface area contributed by atoms with Gasteiger partial charge < -0.3 is 15.0 Å². The van der Waals surface area contributed by atoms with E-state index in [1.54, 1.807) is 0 Å². The number of rotatable bonds is 7. The van der Waals surface area contributed by atoms with Crippen LogP contribution >= 0.6 is 0 Å². The van der Waals surface area contributed by atoms with Gasteiger partial charge in [0.1, 0.15) is 5.54 Å². The van der Waals surface area contributed by atoms with Crippen LogP contribution in [0.15, 0.2) is 0 Å². The molecule has 4 nitrogen and oxygen atoms in total. The van der Waals surface area contributed by atoms with Crippen LogP contribution in [0.3, 0.4) is 0 Å². The van der Waals surface area contributed by atoms with E-state index >= 15 is 0 Å². The van der Waals surface area contributed by atoms with E-state index in [4.69, 9.17) is 4.74 Å². The molecule has 3 unspecified atom stereocenters. The van der Waals surface area contributed by atoms with Crippen LogP contribution in [0.5, 0.6) is 0 Å². The highest BCUT2D eigenvalue weighted by Gasteiger charge is 2.34. The van der Waals surface area contributed by atoms with E-state index in [1.807, 2.05) is 6.92 Å². The minimum atomic E-state index is -0.558. The van der Waals surface area contributed by atoms with Gasteiger partial charge in [0.15, 0.2) is 0 Å². The Morgan fingerprint density at radius 3 is 2.65 bits per heavy atom. The van der Waals surface area contributed by atoms with Crippen molar-refractivity contribution in [1.82, 2.24) is 10.2 Å². The number of carbonyl (C=O) groups is 1. The normalized spacial score (nSPS) is 27.1. The van der Waals surface area contributed by atoms with Gasteiger partial charge in [0, 0.05) is 13.1 Å². The van der Waals surface area contributed by atoms with Crippen molar-refractivity contribution in [2.45, 2.75) is 52.5 Å². The number of esters is 1. The van der Waals surface area contributed by atoms with Gasteiger partial charge in [-0.05, 0) is 51.1 Å². The summed E-state index contributed by atoms with van der Waals surface area (Å²) in [7, 11) is 1.47. The molecule has 0 aliphatic carbocycles. The molecule has 4 heteroatoms. The molecule has 0 aromatic rings. The van der Waals surface area contributed by atoms with Gasteiger partial charge in [0.05, 0.1) is 7.11 Å². The summed E-state index contributed by atoms with van der Waals surface area (Å²) in [6.45, 7) is 12.8. The molecule has 1 aliphatic heterocycles. The van der Waals surface area contributed by atoms with E-state index in [9.17, 15) is 4.79 Å². The van der Waals surface area contributed by atoms with Crippen molar-refractivity contribution >= 4 is 5.97 Å². The number of likely N-dealkylation sites (tertiary alicyclic amines) is 1. The van der Waals surface area contributed by atoms with Crippen LogP contribution in [-0.4, -0.2) is 49.7 Å². The maximum atomic E-state index is 12.0. The quantitative estimate of drug-likeness (QED) is 0.728. The van der Waals surface area contributed by atoms with Crippen molar-refractivity contribution in [3.8, 4) is 0 Å². The second-order valence-electron chi connectivity index (χ2n) is 6.54. The number of nitrogens with zero attached hydrogens (tertiary/aromatic N) is 1. The zero-order valence-electron chi connectivity index (χ0n) is 13.9.